The molecule has 0 radical (unpaired) electrons. The topological polar surface area (TPSA) is 92.9 Å². The van der Waals surface area contributed by atoms with Crippen LogP contribution in [-0.2, 0) is 0 Å². The number of para-hydroxylation sites is 5. The highest BCUT2D eigenvalue weighted by Gasteiger charge is 2.25. The van der Waals surface area contributed by atoms with Crippen LogP contribution in [0.4, 0.5) is 0 Å². The molecule has 25 aromatic rings. The van der Waals surface area contributed by atoms with E-state index in [2.05, 4.69) is 329 Å². The zero-order chi connectivity index (χ0) is 79.1. The zero-order valence-corrected chi connectivity index (χ0v) is 64.8. The molecule has 9 heteroatoms. The molecule has 562 valence electrons. The number of hydrogen-bond donors (Lipinski definition) is 0. The van der Waals surface area contributed by atoms with E-state index in [1.165, 1.54) is 54.6 Å². The summed E-state index contributed by atoms with van der Waals surface area (Å²) in [5.41, 5.74) is 27.4. The normalized spacial score (nSPS) is 11.7. The van der Waals surface area contributed by atoms with Crippen LogP contribution in [-0.4, -0.2) is 28.7 Å². The van der Waals surface area contributed by atoms with E-state index in [4.69, 9.17) is 28.2 Å². The average Bonchev–Trinajstić information content (AvgIpc) is 1.57. The van der Waals surface area contributed by atoms with Gasteiger partial charge in [-0.3, -0.25) is 0 Å². The molecule has 0 spiro atoms. The molecule has 0 aliphatic heterocycles. The maximum Gasteiger partial charge on any atom is 0.164 e. The summed E-state index contributed by atoms with van der Waals surface area (Å²) >= 11 is 0. The summed E-state index contributed by atoms with van der Waals surface area (Å²) in [4.78, 5) is 15.2. The lowest BCUT2D eigenvalue weighted by Gasteiger charge is -2.14. The van der Waals surface area contributed by atoms with Gasteiger partial charge in [0.25, 0.3) is 0 Å². The highest BCUT2D eigenvalue weighted by Crippen LogP contribution is 2.46. The SMILES string of the molecule is c1cc(-c2ccc3c(ccc4ccccc43)c2)cc(-n2c3ccccc3c3oc4ccccc4c32)c1.c1ccc(-c2cc(-c3nc(-c4ccccc4)nc(-c4ccccc4)n3)cc(-n3c4ccc(-c5ccccc5)cc4c4oc5ccccc5c43)c2)cc1.c1ccc(-c2cccc3cc(-n4c5ccccc5c5oc6ccccc6c54)ccc23)cc1. The second-order valence-electron chi connectivity index (χ2n) is 30.5. The van der Waals surface area contributed by atoms with Gasteiger partial charge < -0.3 is 27.0 Å². The van der Waals surface area contributed by atoms with Gasteiger partial charge in [-0.05, 0) is 198 Å². The third kappa shape index (κ3) is 12.0. The third-order valence-electron chi connectivity index (χ3n) is 23.4. The van der Waals surface area contributed by atoms with Crippen molar-refractivity contribution < 1.29 is 13.3 Å². The smallest absolute Gasteiger partial charge is 0.164 e. The Kier molecular flexibility index (Phi) is 16.7. The van der Waals surface area contributed by atoms with E-state index in [0.717, 1.165) is 155 Å². The van der Waals surface area contributed by atoms with Crippen LogP contribution in [0.5, 0.6) is 0 Å². The molecule has 7 heterocycles. The fraction of sp³-hybridized carbons (Fsp3) is 0. The minimum absolute atomic E-state index is 0.600. The lowest BCUT2D eigenvalue weighted by Crippen LogP contribution is -2.01. The summed E-state index contributed by atoms with van der Waals surface area (Å²) in [6, 6.07) is 149. The molecule has 0 bridgehead atoms. The van der Waals surface area contributed by atoms with Crippen LogP contribution in [0.1, 0.15) is 0 Å². The first-order chi connectivity index (χ1) is 59.5. The first-order valence-corrected chi connectivity index (χ1v) is 40.5. The van der Waals surface area contributed by atoms with Crippen LogP contribution >= 0.6 is 0 Å². The van der Waals surface area contributed by atoms with Crippen molar-refractivity contribution in [2.45, 2.75) is 0 Å². The van der Waals surface area contributed by atoms with E-state index >= 15 is 0 Å². The van der Waals surface area contributed by atoms with Crippen molar-refractivity contribution in [2.75, 3.05) is 0 Å². The molecule has 0 N–H and O–H groups in total. The van der Waals surface area contributed by atoms with Crippen LogP contribution < -0.4 is 0 Å². The Balaban J connectivity index is 0.000000109. The van der Waals surface area contributed by atoms with E-state index in [9.17, 15) is 0 Å². The Hall–Kier alpha value is -16.2. The Morgan fingerprint density at radius 2 is 0.542 bits per heavy atom. The van der Waals surface area contributed by atoms with Gasteiger partial charge in [0.2, 0.25) is 0 Å². The average molecular weight is 1540 g/mol. The minimum atomic E-state index is 0.600. The summed E-state index contributed by atoms with van der Waals surface area (Å²) in [6.07, 6.45) is 0. The van der Waals surface area contributed by atoms with E-state index in [1.807, 2.05) is 109 Å². The Bertz CT molecular complexity index is 8210. The zero-order valence-electron chi connectivity index (χ0n) is 64.8. The first-order valence-electron chi connectivity index (χ1n) is 40.5. The van der Waals surface area contributed by atoms with Gasteiger partial charge in [-0.25, -0.2) is 15.0 Å². The molecule has 0 unspecified atom stereocenters. The number of fused-ring (bicyclic) bond motifs is 19. The summed E-state index contributed by atoms with van der Waals surface area (Å²) < 4.78 is 26.3. The largest absolute Gasteiger partial charge is 0.454 e. The Morgan fingerprint density at radius 1 is 0.175 bits per heavy atom. The van der Waals surface area contributed by atoms with Crippen molar-refractivity contribution >= 4 is 131 Å². The molecule has 9 nitrogen and oxygen atoms in total. The number of rotatable bonds is 10. The van der Waals surface area contributed by atoms with Gasteiger partial charge in [-0.15, -0.1) is 0 Å². The van der Waals surface area contributed by atoms with Crippen LogP contribution in [0.3, 0.4) is 0 Å². The second-order valence-corrected chi connectivity index (χ2v) is 30.5. The summed E-state index contributed by atoms with van der Waals surface area (Å²) in [5, 5.41) is 14.2. The van der Waals surface area contributed by atoms with Crippen molar-refractivity contribution in [3.05, 3.63) is 425 Å². The molecule has 0 saturated carbocycles. The predicted octanol–water partition coefficient (Wildman–Crippen LogP) is 29.9. The maximum atomic E-state index is 6.66. The van der Waals surface area contributed by atoms with Gasteiger partial charge in [0, 0.05) is 66.1 Å². The molecular formula is C111H70N6O3. The van der Waals surface area contributed by atoms with E-state index < -0.39 is 0 Å². The molecular weight excluding hydrogens is 1470 g/mol. The summed E-state index contributed by atoms with van der Waals surface area (Å²) in [7, 11) is 0. The minimum Gasteiger partial charge on any atom is -0.454 e. The molecule has 18 aromatic carbocycles. The summed E-state index contributed by atoms with van der Waals surface area (Å²) in [5.74, 6) is 1.85. The van der Waals surface area contributed by atoms with Crippen LogP contribution in [0, 0.1) is 0 Å². The van der Waals surface area contributed by atoms with Gasteiger partial charge in [0.1, 0.15) is 33.3 Å². The monoisotopic (exact) mass is 1530 g/mol. The van der Waals surface area contributed by atoms with Gasteiger partial charge in [0.15, 0.2) is 34.2 Å². The number of aromatic nitrogens is 6. The number of hydrogen-bond acceptors (Lipinski definition) is 6. The number of nitrogens with zero attached hydrogens (tertiary/aromatic N) is 6. The lowest BCUT2D eigenvalue weighted by atomic mass is 9.97. The fourth-order valence-corrected chi connectivity index (χ4v) is 17.8. The molecule has 0 fully saturated rings. The number of benzene rings is 18. The standard InChI is InChI=1S/C47H30N4O.C34H21NO.C30H19NO/c1-5-15-31(16-6-1)35-25-26-41-40(30-35)44-43(39-23-13-14-24-42(39)52-44)51(41)38-28-36(32-17-7-2-8-18-32)27-37(29-38)47-49-45(33-19-9-3-10-20-33)48-46(50-47)34-21-11-4-12-22-34;1-2-11-27-22(8-1)16-17-25-20-24(18-19-28(25)27)23-9-7-10-26(21-23)35-31-14-5-3-12-29(31)34-33(35)30-13-4-6-15-32(30)36-34;1-2-9-20(10-3-1)23-14-8-11-21-19-22(17-18-24(21)23)31-27-15-6-4-12-25(27)30-29(31)26-13-5-7-16-28(26)32-30/h1-30H;1-21H;1-19H. The lowest BCUT2D eigenvalue weighted by molar-refractivity contribution is 0.672. The molecule has 0 atom stereocenters. The molecule has 120 heavy (non-hydrogen) atoms. The van der Waals surface area contributed by atoms with Crippen molar-refractivity contribution in [2.24, 2.45) is 0 Å². The quantitative estimate of drug-likeness (QED) is 0.127. The molecule has 0 aliphatic carbocycles. The first kappa shape index (κ1) is 69.3. The van der Waals surface area contributed by atoms with Crippen molar-refractivity contribution in [3.63, 3.8) is 0 Å². The van der Waals surface area contributed by atoms with Crippen LogP contribution in [0.2, 0.25) is 0 Å². The summed E-state index contributed by atoms with van der Waals surface area (Å²) in [6.45, 7) is 0. The molecule has 0 saturated heterocycles. The molecule has 0 aliphatic rings. The van der Waals surface area contributed by atoms with Gasteiger partial charge >= 0.3 is 0 Å². The van der Waals surface area contributed by atoms with Gasteiger partial charge in [-0.2, -0.15) is 0 Å². The van der Waals surface area contributed by atoms with Gasteiger partial charge in [-0.1, -0.05) is 303 Å². The van der Waals surface area contributed by atoms with E-state index in [0.29, 0.717) is 17.5 Å². The van der Waals surface area contributed by atoms with E-state index in [1.54, 1.807) is 0 Å². The van der Waals surface area contributed by atoms with Crippen LogP contribution in [0.25, 0.3) is 227 Å². The molecule has 7 aromatic heterocycles. The molecule has 0 amide bonds. The number of furan rings is 3. The van der Waals surface area contributed by atoms with Crippen molar-refractivity contribution in [1.29, 1.82) is 0 Å². The predicted molar refractivity (Wildman–Crippen MR) is 496 cm³/mol. The Morgan fingerprint density at radius 3 is 1.12 bits per heavy atom. The molecule has 25 rings (SSSR count). The van der Waals surface area contributed by atoms with Crippen molar-refractivity contribution in [3.8, 4) is 95.7 Å². The second kappa shape index (κ2) is 28.9. The fourth-order valence-electron chi connectivity index (χ4n) is 17.8. The Labute approximate surface area is 689 Å². The van der Waals surface area contributed by atoms with E-state index in [-0.39, 0.29) is 0 Å². The highest BCUT2D eigenvalue weighted by molar-refractivity contribution is 6.20. The highest BCUT2D eigenvalue weighted by atomic mass is 16.3. The van der Waals surface area contributed by atoms with Gasteiger partial charge in [0.05, 0.1) is 16.6 Å². The van der Waals surface area contributed by atoms with Crippen molar-refractivity contribution in [1.82, 2.24) is 28.7 Å². The van der Waals surface area contributed by atoms with Crippen LogP contribution in [0.15, 0.2) is 438 Å². The maximum absolute atomic E-state index is 6.66. The third-order valence-corrected chi connectivity index (χ3v) is 23.4.